The number of rotatable bonds is 7. The molecule has 1 aromatic rings. The molecule has 0 bridgehead atoms. The summed E-state index contributed by atoms with van der Waals surface area (Å²) in [6.45, 7) is 4.02. The molecule has 0 unspecified atom stereocenters. The molecule has 0 saturated carbocycles. The summed E-state index contributed by atoms with van der Waals surface area (Å²) in [5.74, 6) is 0.729. The van der Waals surface area contributed by atoms with Crippen LogP contribution in [0.3, 0.4) is 0 Å². The number of carbonyl (C=O) groups is 1. The molecule has 4 nitrogen and oxygen atoms in total. The molecule has 1 fully saturated rings. The van der Waals surface area contributed by atoms with E-state index < -0.39 is 0 Å². The lowest BCUT2D eigenvalue weighted by atomic mass is 9.87. The highest BCUT2D eigenvalue weighted by molar-refractivity contribution is 5.76. The van der Waals surface area contributed by atoms with Gasteiger partial charge in [0.1, 0.15) is 0 Å². The molecule has 1 N–H and O–H groups in total. The largest absolute Gasteiger partial charge is 0.396 e. The van der Waals surface area contributed by atoms with Crippen LogP contribution in [0.1, 0.15) is 36.8 Å². The van der Waals surface area contributed by atoms with Crippen molar-refractivity contribution in [2.75, 3.05) is 33.8 Å². The van der Waals surface area contributed by atoms with Crippen LogP contribution >= 0.6 is 0 Å². The number of benzene rings is 1. The minimum atomic E-state index is 0.234. The van der Waals surface area contributed by atoms with Crippen molar-refractivity contribution >= 4 is 5.91 Å². The summed E-state index contributed by atoms with van der Waals surface area (Å²) < 4.78 is 0. The lowest BCUT2D eigenvalue weighted by Crippen LogP contribution is -2.50. The van der Waals surface area contributed by atoms with E-state index in [1.807, 2.05) is 17.0 Å². The fraction of sp³-hybridized carbons (Fsp3) is 0.650. The zero-order valence-corrected chi connectivity index (χ0v) is 15.4. The molecule has 1 saturated heterocycles. The first kappa shape index (κ1) is 18.9. The first-order valence-corrected chi connectivity index (χ1v) is 9.12. The minimum absolute atomic E-state index is 0.234. The van der Waals surface area contributed by atoms with Gasteiger partial charge in [-0.25, -0.2) is 0 Å². The van der Waals surface area contributed by atoms with Crippen LogP contribution in [-0.2, 0) is 11.2 Å². The van der Waals surface area contributed by atoms with Crippen LogP contribution in [0.2, 0.25) is 0 Å². The van der Waals surface area contributed by atoms with Gasteiger partial charge < -0.3 is 14.9 Å². The summed E-state index contributed by atoms with van der Waals surface area (Å²) in [6.07, 6.45) is 4.24. The quantitative estimate of drug-likeness (QED) is 0.834. The van der Waals surface area contributed by atoms with E-state index in [0.29, 0.717) is 18.4 Å². The van der Waals surface area contributed by atoms with Gasteiger partial charge in [0, 0.05) is 32.2 Å². The van der Waals surface area contributed by atoms with E-state index in [1.165, 1.54) is 11.1 Å². The lowest BCUT2D eigenvalue weighted by Gasteiger charge is -2.41. The maximum atomic E-state index is 12.6. The number of amides is 1. The third-order valence-electron chi connectivity index (χ3n) is 5.31. The second kappa shape index (κ2) is 9.19. The molecule has 1 amide bonds. The molecule has 2 rings (SSSR count). The van der Waals surface area contributed by atoms with Crippen molar-refractivity contribution in [1.82, 2.24) is 9.80 Å². The van der Waals surface area contributed by atoms with Crippen LogP contribution in [0.25, 0.3) is 0 Å². The predicted octanol–water partition coefficient (Wildman–Crippen LogP) is 2.48. The summed E-state index contributed by atoms with van der Waals surface area (Å²) in [4.78, 5) is 17.0. The number of carbonyl (C=O) groups excluding carboxylic acids is 1. The van der Waals surface area contributed by atoms with Gasteiger partial charge in [-0.3, -0.25) is 4.79 Å². The lowest BCUT2D eigenvalue weighted by molar-refractivity contribution is -0.134. The zero-order chi connectivity index (χ0) is 17.5. The minimum Gasteiger partial charge on any atom is -0.396 e. The van der Waals surface area contributed by atoms with Crippen LogP contribution in [0.4, 0.5) is 0 Å². The van der Waals surface area contributed by atoms with E-state index in [-0.39, 0.29) is 12.5 Å². The van der Waals surface area contributed by atoms with Crippen molar-refractivity contribution < 1.29 is 9.90 Å². The Kier molecular flexibility index (Phi) is 7.25. The molecular weight excluding hydrogens is 300 g/mol. The molecule has 1 aliphatic rings. The molecule has 134 valence electrons. The Labute approximate surface area is 146 Å². The zero-order valence-electron chi connectivity index (χ0n) is 15.4. The Morgan fingerprint density at radius 1 is 1.33 bits per heavy atom. The number of hydrogen-bond donors (Lipinski definition) is 1. The third-order valence-corrected chi connectivity index (χ3v) is 5.31. The van der Waals surface area contributed by atoms with Gasteiger partial charge >= 0.3 is 0 Å². The van der Waals surface area contributed by atoms with Gasteiger partial charge in [0.15, 0.2) is 0 Å². The van der Waals surface area contributed by atoms with Crippen molar-refractivity contribution in [2.24, 2.45) is 5.92 Å². The van der Waals surface area contributed by atoms with Crippen LogP contribution in [0.15, 0.2) is 24.3 Å². The van der Waals surface area contributed by atoms with Gasteiger partial charge in [-0.05, 0) is 63.7 Å². The summed E-state index contributed by atoms with van der Waals surface area (Å²) >= 11 is 0. The molecule has 24 heavy (non-hydrogen) atoms. The second-order valence-electron chi connectivity index (χ2n) is 7.21. The van der Waals surface area contributed by atoms with Crippen molar-refractivity contribution in [2.45, 2.75) is 45.1 Å². The Bertz CT molecular complexity index is 530. The molecule has 2 atom stereocenters. The van der Waals surface area contributed by atoms with Gasteiger partial charge in [-0.2, -0.15) is 0 Å². The normalized spacial score (nSPS) is 21.3. The van der Waals surface area contributed by atoms with Crippen LogP contribution in [0.5, 0.6) is 0 Å². The smallest absolute Gasteiger partial charge is 0.222 e. The monoisotopic (exact) mass is 332 g/mol. The van der Waals surface area contributed by atoms with Gasteiger partial charge in [0.05, 0.1) is 0 Å². The highest BCUT2D eigenvalue weighted by Crippen LogP contribution is 2.25. The number of piperidine rings is 1. The third kappa shape index (κ3) is 5.05. The van der Waals surface area contributed by atoms with E-state index >= 15 is 0 Å². The van der Waals surface area contributed by atoms with Crippen LogP contribution in [-0.4, -0.2) is 60.6 Å². The van der Waals surface area contributed by atoms with Gasteiger partial charge in [-0.15, -0.1) is 0 Å². The molecule has 0 aliphatic carbocycles. The van der Waals surface area contributed by atoms with E-state index in [0.717, 1.165) is 38.8 Å². The molecule has 0 aromatic heterocycles. The molecule has 1 aromatic carbocycles. The highest BCUT2D eigenvalue weighted by Gasteiger charge is 2.31. The molecular formula is C20H32N2O2. The second-order valence-corrected chi connectivity index (χ2v) is 7.21. The van der Waals surface area contributed by atoms with Gasteiger partial charge in [0.2, 0.25) is 5.91 Å². The molecule has 0 spiro atoms. The number of hydrogen-bond acceptors (Lipinski definition) is 3. The average Bonchev–Trinajstić information content (AvgIpc) is 2.58. The molecule has 1 aliphatic heterocycles. The Balaban J connectivity index is 1.91. The summed E-state index contributed by atoms with van der Waals surface area (Å²) in [7, 11) is 4.23. The van der Waals surface area contributed by atoms with E-state index in [9.17, 15) is 4.79 Å². The summed E-state index contributed by atoms with van der Waals surface area (Å²) in [5, 5.41) is 9.14. The van der Waals surface area contributed by atoms with Crippen LogP contribution < -0.4 is 0 Å². The van der Waals surface area contributed by atoms with Crippen LogP contribution in [0, 0.1) is 12.8 Å². The first-order chi connectivity index (χ1) is 11.5. The number of aryl methyl sites for hydroxylation is 2. The van der Waals surface area contributed by atoms with E-state index in [1.54, 1.807) is 0 Å². The average molecular weight is 332 g/mol. The molecule has 4 heteroatoms. The van der Waals surface area contributed by atoms with E-state index in [2.05, 4.69) is 38.1 Å². The Morgan fingerprint density at radius 2 is 2.08 bits per heavy atom. The maximum Gasteiger partial charge on any atom is 0.222 e. The number of likely N-dealkylation sites (tertiary alicyclic amines) is 1. The highest BCUT2D eigenvalue weighted by atomic mass is 16.2. The van der Waals surface area contributed by atoms with Crippen molar-refractivity contribution in [3.8, 4) is 0 Å². The SMILES string of the molecule is Cc1ccccc1CCC(=O)N1CC[C@H](N(C)C)[C@H](CCCO)C1. The van der Waals surface area contributed by atoms with Crippen molar-refractivity contribution in [3.05, 3.63) is 35.4 Å². The Morgan fingerprint density at radius 3 is 2.75 bits per heavy atom. The molecule has 1 heterocycles. The number of aliphatic hydroxyl groups excluding tert-OH is 1. The summed E-state index contributed by atoms with van der Waals surface area (Å²) in [5.41, 5.74) is 2.53. The summed E-state index contributed by atoms with van der Waals surface area (Å²) in [6, 6.07) is 8.81. The Hall–Kier alpha value is -1.39. The first-order valence-electron chi connectivity index (χ1n) is 9.12. The topological polar surface area (TPSA) is 43.8 Å². The fourth-order valence-electron chi connectivity index (χ4n) is 3.85. The van der Waals surface area contributed by atoms with Crippen molar-refractivity contribution in [3.63, 3.8) is 0 Å². The maximum absolute atomic E-state index is 12.6. The number of aliphatic hydroxyl groups is 1. The van der Waals surface area contributed by atoms with E-state index in [4.69, 9.17) is 5.11 Å². The predicted molar refractivity (Wildman–Crippen MR) is 98.0 cm³/mol. The van der Waals surface area contributed by atoms with Gasteiger partial charge in [-0.1, -0.05) is 24.3 Å². The standard InChI is InChI=1S/C20H32N2O2/c1-16-7-4-5-8-17(16)10-11-20(24)22-13-12-19(21(2)3)18(15-22)9-6-14-23/h4-5,7-8,18-19,23H,6,9-15H2,1-3H3/t18-,19+/m1/s1. The molecule has 0 radical (unpaired) electrons. The van der Waals surface area contributed by atoms with Crippen molar-refractivity contribution in [1.29, 1.82) is 0 Å². The number of nitrogens with zero attached hydrogens (tertiary/aromatic N) is 2. The van der Waals surface area contributed by atoms with Gasteiger partial charge in [0.25, 0.3) is 0 Å². The fourth-order valence-corrected chi connectivity index (χ4v) is 3.85.